The van der Waals surface area contributed by atoms with Crippen LogP contribution in [0, 0.1) is 0 Å². The van der Waals surface area contributed by atoms with Crippen LogP contribution in [0.4, 0.5) is 5.69 Å². The van der Waals surface area contributed by atoms with Gasteiger partial charge in [0.1, 0.15) is 17.2 Å². The quantitative estimate of drug-likeness (QED) is 0.701. The number of anilines is 1. The third-order valence-electron chi connectivity index (χ3n) is 2.55. The Hall–Kier alpha value is -1.31. The standard InChI is InChI=1S/C10H14N2O4S/c11-6(4-13)3-12-1-2-16-7-5-17-9(8(7)12)10(14)15/h5-6,13H,1-4,11H2,(H,14,15). The molecule has 7 heteroatoms. The maximum absolute atomic E-state index is 11.1. The van der Waals surface area contributed by atoms with Crippen LogP contribution >= 0.6 is 11.3 Å². The molecule has 0 fully saturated rings. The molecule has 0 spiro atoms. The molecule has 2 rings (SSSR count). The molecule has 1 atom stereocenters. The van der Waals surface area contributed by atoms with Gasteiger partial charge in [0, 0.05) is 18.0 Å². The van der Waals surface area contributed by atoms with Crippen molar-refractivity contribution in [2.24, 2.45) is 5.73 Å². The first-order chi connectivity index (χ1) is 8.13. The number of ether oxygens (including phenoxy) is 1. The van der Waals surface area contributed by atoms with E-state index in [0.29, 0.717) is 31.1 Å². The van der Waals surface area contributed by atoms with Gasteiger partial charge in [0.2, 0.25) is 0 Å². The number of hydrogen-bond donors (Lipinski definition) is 3. The summed E-state index contributed by atoms with van der Waals surface area (Å²) in [4.78, 5) is 13.2. The molecule has 0 amide bonds. The average Bonchev–Trinajstić information content (AvgIpc) is 2.73. The van der Waals surface area contributed by atoms with Gasteiger partial charge >= 0.3 is 5.97 Å². The Bertz CT molecular complexity index is 420. The van der Waals surface area contributed by atoms with Gasteiger partial charge in [-0.3, -0.25) is 0 Å². The van der Waals surface area contributed by atoms with Crippen LogP contribution in [0.3, 0.4) is 0 Å². The van der Waals surface area contributed by atoms with Crippen LogP contribution in [0.5, 0.6) is 5.75 Å². The zero-order chi connectivity index (χ0) is 12.4. The summed E-state index contributed by atoms with van der Waals surface area (Å²) >= 11 is 1.14. The summed E-state index contributed by atoms with van der Waals surface area (Å²) < 4.78 is 5.40. The highest BCUT2D eigenvalue weighted by Gasteiger charge is 2.27. The van der Waals surface area contributed by atoms with Crippen LogP contribution in [0.1, 0.15) is 9.67 Å². The highest BCUT2D eigenvalue weighted by Crippen LogP contribution is 2.40. The predicted octanol–water partition coefficient (Wildman–Crippen LogP) is -0.0353. The highest BCUT2D eigenvalue weighted by atomic mass is 32.1. The van der Waals surface area contributed by atoms with Gasteiger partial charge in [-0.2, -0.15) is 0 Å². The molecule has 0 aliphatic carbocycles. The molecule has 0 aromatic carbocycles. The van der Waals surface area contributed by atoms with Gasteiger partial charge in [0.05, 0.1) is 13.2 Å². The number of nitrogens with two attached hydrogens (primary N) is 1. The molecule has 94 valence electrons. The number of aromatic carboxylic acids is 1. The molecular formula is C10H14N2O4S. The number of aliphatic hydroxyl groups is 1. The van der Waals surface area contributed by atoms with E-state index >= 15 is 0 Å². The Morgan fingerprint density at radius 2 is 2.47 bits per heavy atom. The van der Waals surface area contributed by atoms with Gasteiger partial charge in [-0.25, -0.2) is 4.79 Å². The Morgan fingerprint density at radius 3 is 3.12 bits per heavy atom. The molecule has 1 aliphatic heterocycles. The van der Waals surface area contributed by atoms with E-state index in [2.05, 4.69) is 0 Å². The fraction of sp³-hybridized carbons (Fsp3) is 0.500. The lowest BCUT2D eigenvalue weighted by atomic mass is 10.2. The largest absolute Gasteiger partial charge is 0.489 e. The molecule has 2 heterocycles. The minimum absolute atomic E-state index is 0.126. The van der Waals surface area contributed by atoms with E-state index in [0.717, 1.165) is 11.3 Å². The highest BCUT2D eigenvalue weighted by molar-refractivity contribution is 7.13. The molecule has 1 aromatic rings. The van der Waals surface area contributed by atoms with Crippen LogP contribution in [0.2, 0.25) is 0 Å². The van der Waals surface area contributed by atoms with E-state index in [4.69, 9.17) is 20.7 Å². The van der Waals surface area contributed by atoms with Crippen molar-refractivity contribution in [3.8, 4) is 5.75 Å². The number of carbonyl (C=O) groups is 1. The fourth-order valence-electron chi connectivity index (χ4n) is 1.79. The molecule has 0 radical (unpaired) electrons. The number of carboxylic acid groups (broad SMARTS) is 1. The van der Waals surface area contributed by atoms with E-state index in [1.807, 2.05) is 4.90 Å². The first-order valence-electron chi connectivity index (χ1n) is 5.22. The summed E-state index contributed by atoms with van der Waals surface area (Å²) in [5.74, 6) is -0.381. The molecule has 0 bridgehead atoms. The van der Waals surface area contributed by atoms with Crippen molar-refractivity contribution in [1.29, 1.82) is 0 Å². The maximum atomic E-state index is 11.1. The molecule has 0 saturated heterocycles. The Kier molecular flexibility index (Phi) is 3.51. The Balaban J connectivity index is 2.28. The summed E-state index contributed by atoms with van der Waals surface area (Å²) in [6, 6.07) is -0.387. The zero-order valence-corrected chi connectivity index (χ0v) is 9.94. The van der Waals surface area contributed by atoms with Crippen molar-refractivity contribution in [1.82, 2.24) is 0 Å². The second-order valence-corrected chi connectivity index (χ2v) is 4.70. The van der Waals surface area contributed by atoms with Crippen LogP contribution in [-0.2, 0) is 0 Å². The van der Waals surface area contributed by atoms with Crippen LogP contribution in [-0.4, -0.2) is 48.5 Å². The number of fused-ring (bicyclic) bond motifs is 1. The molecular weight excluding hydrogens is 244 g/mol. The molecule has 0 saturated carbocycles. The molecule has 4 N–H and O–H groups in total. The lowest BCUT2D eigenvalue weighted by Gasteiger charge is -2.31. The minimum atomic E-state index is -0.968. The van der Waals surface area contributed by atoms with Crippen molar-refractivity contribution >= 4 is 23.0 Å². The van der Waals surface area contributed by atoms with E-state index < -0.39 is 5.97 Å². The molecule has 1 aromatic heterocycles. The molecule has 17 heavy (non-hydrogen) atoms. The first kappa shape index (κ1) is 12.2. The van der Waals surface area contributed by atoms with Crippen molar-refractivity contribution in [2.75, 3.05) is 31.2 Å². The van der Waals surface area contributed by atoms with Crippen molar-refractivity contribution < 1.29 is 19.7 Å². The Morgan fingerprint density at radius 1 is 1.71 bits per heavy atom. The number of thiophene rings is 1. The van der Waals surface area contributed by atoms with Gasteiger partial charge in [-0.15, -0.1) is 11.3 Å². The number of hydrogen-bond acceptors (Lipinski definition) is 6. The molecule has 1 aliphatic rings. The third kappa shape index (κ3) is 2.36. The number of carboxylic acids is 1. The van der Waals surface area contributed by atoms with Crippen LogP contribution in [0.25, 0.3) is 0 Å². The summed E-state index contributed by atoms with van der Waals surface area (Å²) in [5, 5.41) is 19.7. The summed E-state index contributed by atoms with van der Waals surface area (Å²) in [6.07, 6.45) is 0. The molecule has 6 nitrogen and oxygen atoms in total. The van der Waals surface area contributed by atoms with E-state index in [1.54, 1.807) is 5.38 Å². The summed E-state index contributed by atoms with van der Waals surface area (Å²) in [7, 11) is 0. The van der Waals surface area contributed by atoms with Crippen molar-refractivity contribution in [3.05, 3.63) is 10.3 Å². The smallest absolute Gasteiger partial charge is 0.348 e. The van der Waals surface area contributed by atoms with Crippen molar-refractivity contribution in [2.45, 2.75) is 6.04 Å². The Labute approximate surface area is 102 Å². The van der Waals surface area contributed by atoms with E-state index in [9.17, 15) is 4.79 Å². The predicted molar refractivity (Wildman–Crippen MR) is 64.0 cm³/mol. The third-order valence-corrected chi connectivity index (χ3v) is 3.49. The zero-order valence-electron chi connectivity index (χ0n) is 9.13. The van der Waals surface area contributed by atoms with Crippen LogP contribution in [0.15, 0.2) is 5.38 Å². The SMILES string of the molecule is NC(CO)CN1CCOc2csc(C(=O)O)c21. The van der Waals surface area contributed by atoms with Gasteiger partial charge < -0.3 is 25.6 Å². The molecule has 1 unspecified atom stereocenters. The minimum Gasteiger partial charge on any atom is -0.489 e. The number of rotatable bonds is 4. The normalized spacial score (nSPS) is 16.2. The topological polar surface area (TPSA) is 96.0 Å². The van der Waals surface area contributed by atoms with E-state index in [1.165, 1.54) is 0 Å². The first-order valence-corrected chi connectivity index (χ1v) is 6.10. The average molecular weight is 258 g/mol. The second kappa shape index (κ2) is 4.91. The summed E-state index contributed by atoms with van der Waals surface area (Å²) in [6.45, 7) is 1.38. The second-order valence-electron chi connectivity index (χ2n) is 3.82. The van der Waals surface area contributed by atoms with Gasteiger partial charge in [-0.05, 0) is 0 Å². The lowest BCUT2D eigenvalue weighted by molar-refractivity contribution is 0.0702. The summed E-state index contributed by atoms with van der Waals surface area (Å²) in [5.41, 5.74) is 6.26. The lowest BCUT2D eigenvalue weighted by Crippen LogP contribution is -2.43. The van der Waals surface area contributed by atoms with Gasteiger partial charge in [0.25, 0.3) is 0 Å². The van der Waals surface area contributed by atoms with Gasteiger partial charge in [-0.1, -0.05) is 0 Å². The maximum Gasteiger partial charge on any atom is 0.348 e. The van der Waals surface area contributed by atoms with Gasteiger partial charge in [0.15, 0.2) is 5.75 Å². The van der Waals surface area contributed by atoms with E-state index in [-0.39, 0.29) is 17.5 Å². The monoisotopic (exact) mass is 258 g/mol. The number of aliphatic hydroxyl groups excluding tert-OH is 1. The number of nitrogens with zero attached hydrogens (tertiary/aromatic N) is 1. The van der Waals surface area contributed by atoms with Crippen molar-refractivity contribution in [3.63, 3.8) is 0 Å². The van der Waals surface area contributed by atoms with Crippen LogP contribution < -0.4 is 15.4 Å². The fourth-order valence-corrected chi connectivity index (χ4v) is 2.64.